The first-order valence-electron chi connectivity index (χ1n) is 7.13. The molecule has 1 aromatic heterocycles. The lowest BCUT2D eigenvalue weighted by Gasteiger charge is -2.32. The van der Waals surface area contributed by atoms with Crippen LogP contribution in [0.1, 0.15) is 45.1 Å². The summed E-state index contributed by atoms with van der Waals surface area (Å²) in [4.78, 5) is 4.52. The van der Waals surface area contributed by atoms with Crippen LogP contribution in [-0.4, -0.2) is 9.55 Å². The summed E-state index contributed by atoms with van der Waals surface area (Å²) < 4.78 is 3.36. The van der Waals surface area contributed by atoms with Gasteiger partial charge in [-0.3, -0.25) is 0 Å². The molecule has 102 valence electrons. The Bertz CT molecular complexity index is 590. The molecule has 1 fully saturated rings. The van der Waals surface area contributed by atoms with Crippen LogP contribution in [0.25, 0.3) is 11.0 Å². The fourth-order valence-corrected chi connectivity index (χ4v) is 3.79. The van der Waals surface area contributed by atoms with Crippen molar-refractivity contribution in [2.24, 2.45) is 5.92 Å². The minimum absolute atomic E-state index is 0.512. The molecule has 4 heteroatoms. The number of nitrogen functional groups attached to an aromatic ring is 1. The second-order valence-corrected chi connectivity index (χ2v) is 6.41. The molecule has 2 aromatic rings. The molecule has 2 unspecified atom stereocenters. The van der Waals surface area contributed by atoms with Crippen molar-refractivity contribution < 1.29 is 0 Å². The zero-order chi connectivity index (χ0) is 13.4. The monoisotopic (exact) mass is 321 g/mol. The van der Waals surface area contributed by atoms with Gasteiger partial charge in [0.15, 0.2) is 0 Å². The molecule has 0 saturated heterocycles. The number of fused-ring (bicyclic) bond motifs is 1. The Morgan fingerprint density at radius 1 is 1.37 bits per heavy atom. The number of halogens is 1. The van der Waals surface area contributed by atoms with Gasteiger partial charge in [0.05, 0.1) is 11.0 Å². The first-order valence-corrected chi connectivity index (χ1v) is 7.93. The molecular formula is C15H20BrN3. The molecule has 0 aliphatic heterocycles. The lowest BCUT2D eigenvalue weighted by atomic mass is 9.82. The summed E-state index contributed by atoms with van der Waals surface area (Å²) in [5, 5.41) is 0. The number of nitrogens with two attached hydrogens (primary N) is 1. The molecule has 1 aromatic carbocycles. The summed E-state index contributed by atoms with van der Waals surface area (Å²) in [6.45, 7) is 2.29. The van der Waals surface area contributed by atoms with E-state index in [0.29, 0.717) is 12.0 Å². The fraction of sp³-hybridized carbons (Fsp3) is 0.533. The van der Waals surface area contributed by atoms with Gasteiger partial charge in [-0.05, 0) is 37.0 Å². The highest BCUT2D eigenvalue weighted by Crippen LogP contribution is 2.39. The van der Waals surface area contributed by atoms with Crippen molar-refractivity contribution in [3.8, 4) is 0 Å². The largest absolute Gasteiger partial charge is 0.369 e. The van der Waals surface area contributed by atoms with Gasteiger partial charge in [-0.1, -0.05) is 42.1 Å². The molecule has 2 N–H and O–H groups in total. The Morgan fingerprint density at radius 3 is 2.95 bits per heavy atom. The molecule has 0 radical (unpaired) electrons. The van der Waals surface area contributed by atoms with Gasteiger partial charge in [-0.2, -0.15) is 0 Å². The standard InChI is InChI=1S/C15H20BrN3/c1-2-10-5-3-4-6-13(10)19-14-9-11(16)7-8-12(14)18-15(19)17/h7-10,13H,2-6H2,1H3,(H2,17,18). The number of imidazole rings is 1. The zero-order valence-electron chi connectivity index (χ0n) is 11.3. The summed E-state index contributed by atoms with van der Waals surface area (Å²) in [5.41, 5.74) is 8.35. The Kier molecular flexibility index (Phi) is 3.52. The van der Waals surface area contributed by atoms with Crippen LogP contribution >= 0.6 is 15.9 Å². The van der Waals surface area contributed by atoms with E-state index in [0.717, 1.165) is 21.4 Å². The Labute approximate surface area is 122 Å². The number of aromatic nitrogens is 2. The average molecular weight is 322 g/mol. The van der Waals surface area contributed by atoms with Crippen molar-refractivity contribution in [3.05, 3.63) is 22.7 Å². The molecule has 1 saturated carbocycles. The number of anilines is 1. The normalized spacial score (nSPS) is 23.9. The van der Waals surface area contributed by atoms with E-state index in [1.807, 2.05) is 12.1 Å². The fourth-order valence-electron chi connectivity index (χ4n) is 3.44. The predicted octanol–water partition coefficient (Wildman–Crippen LogP) is 4.52. The highest BCUT2D eigenvalue weighted by molar-refractivity contribution is 9.10. The van der Waals surface area contributed by atoms with Crippen molar-refractivity contribution in [3.63, 3.8) is 0 Å². The molecule has 1 heterocycles. The molecule has 0 bridgehead atoms. The van der Waals surface area contributed by atoms with E-state index in [1.54, 1.807) is 0 Å². The molecule has 1 aliphatic carbocycles. The number of rotatable bonds is 2. The van der Waals surface area contributed by atoms with E-state index in [1.165, 1.54) is 32.1 Å². The first-order chi connectivity index (χ1) is 9.20. The second kappa shape index (κ2) is 5.16. The van der Waals surface area contributed by atoms with Crippen molar-refractivity contribution in [1.29, 1.82) is 0 Å². The van der Waals surface area contributed by atoms with Crippen molar-refractivity contribution in [2.45, 2.75) is 45.1 Å². The van der Waals surface area contributed by atoms with E-state index in [4.69, 9.17) is 5.73 Å². The molecule has 3 nitrogen and oxygen atoms in total. The molecular weight excluding hydrogens is 302 g/mol. The number of nitrogens with zero attached hydrogens (tertiary/aromatic N) is 2. The Hall–Kier alpha value is -1.03. The molecule has 2 atom stereocenters. The lowest BCUT2D eigenvalue weighted by Crippen LogP contribution is -2.23. The maximum atomic E-state index is 6.19. The van der Waals surface area contributed by atoms with Crippen molar-refractivity contribution >= 4 is 32.9 Å². The van der Waals surface area contributed by atoms with Gasteiger partial charge in [0, 0.05) is 10.5 Å². The quantitative estimate of drug-likeness (QED) is 0.883. The third-order valence-corrected chi connectivity index (χ3v) is 4.90. The second-order valence-electron chi connectivity index (χ2n) is 5.49. The summed E-state index contributed by atoms with van der Waals surface area (Å²) in [6, 6.07) is 6.71. The minimum atomic E-state index is 0.512. The average Bonchev–Trinajstić information content (AvgIpc) is 2.74. The van der Waals surface area contributed by atoms with Crippen LogP contribution < -0.4 is 5.73 Å². The van der Waals surface area contributed by atoms with Crippen molar-refractivity contribution in [2.75, 3.05) is 5.73 Å². The van der Waals surface area contributed by atoms with E-state index >= 15 is 0 Å². The summed E-state index contributed by atoms with van der Waals surface area (Å²) in [5.74, 6) is 1.39. The summed E-state index contributed by atoms with van der Waals surface area (Å²) in [7, 11) is 0. The maximum Gasteiger partial charge on any atom is 0.201 e. The van der Waals surface area contributed by atoms with Gasteiger partial charge in [-0.15, -0.1) is 0 Å². The molecule has 3 rings (SSSR count). The van der Waals surface area contributed by atoms with Crippen LogP contribution in [0.5, 0.6) is 0 Å². The van der Waals surface area contributed by atoms with E-state index < -0.39 is 0 Å². The van der Waals surface area contributed by atoms with Gasteiger partial charge < -0.3 is 10.3 Å². The van der Waals surface area contributed by atoms with E-state index in [2.05, 4.69) is 38.5 Å². The highest BCUT2D eigenvalue weighted by Gasteiger charge is 2.27. The number of hydrogen-bond acceptors (Lipinski definition) is 2. The van der Waals surface area contributed by atoms with Crippen LogP contribution in [-0.2, 0) is 0 Å². The van der Waals surface area contributed by atoms with Gasteiger partial charge in [0.1, 0.15) is 0 Å². The van der Waals surface area contributed by atoms with Gasteiger partial charge in [0.25, 0.3) is 0 Å². The van der Waals surface area contributed by atoms with Crippen LogP contribution in [0.15, 0.2) is 22.7 Å². The van der Waals surface area contributed by atoms with Crippen LogP contribution in [0.3, 0.4) is 0 Å². The molecule has 0 spiro atoms. The van der Waals surface area contributed by atoms with Crippen LogP contribution in [0.4, 0.5) is 5.95 Å². The first kappa shape index (κ1) is 13.0. The van der Waals surface area contributed by atoms with Crippen molar-refractivity contribution in [1.82, 2.24) is 9.55 Å². The maximum absolute atomic E-state index is 6.19. The van der Waals surface area contributed by atoms with Gasteiger partial charge >= 0.3 is 0 Å². The van der Waals surface area contributed by atoms with Gasteiger partial charge in [-0.25, -0.2) is 4.98 Å². The van der Waals surface area contributed by atoms with Crippen LogP contribution in [0, 0.1) is 5.92 Å². The summed E-state index contributed by atoms with van der Waals surface area (Å²) in [6.07, 6.45) is 6.41. The molecule has 1 aliphatic rings. The molecule has 0 amide bonds. The van der Waals surface area contributed by atoms with Crippen LogP contribution in [0.2, 0.25) is 0 Å². The smallest absolute Gasteiger partial charge is 0.201 e. The zero-order valence-corrected chi connectivity index (χ0v) is 12.9. The lowest BCUT2D eigenvalue weighted by molar-refractivity contribution is 0.239. The highest BCUT2D eigenvalue weighted by atomic mass is 79.9. The third-order valence-electron chi connectivity index (χ3n) is 4.40. The van der Waals surface area contributed by atoms with E-state index in [-0.39, 0.29) is 0 Å². The van der Waals surface area contributed by atoms with E-state index in [9.17, 15) is 0 Å². The minimum Gasteiger partial charge on any atom is -0.369 e. The Balaban J connectivity index is 2.12. The van der Waals surface area contributed by atoms with Gasteiger partial charge in [0.2, 0.25) is 5.95 Å². The topological polar surface area (TPSA) is 43.8 Å². The summed E-state index contributed by atoms with van der Waals surface area (Å²) >= 11 is 3.55. The molecule has 19 heavy (non-hydrogen) atoms. The SMILES string of the molecule is CCC1CCCCC1n1c(N)nc2ccc(Br)cc21. The Morgan fingerprint density at radius 2 is 2.16 bits per heavy atom. The number of benzene rings is 1. The number of hydrogen-bond donors (Lipinski definition) is 1. The third kappa shape index (κ3) is 2.27. The predicted molar refractivity (Wildman–Crippen MR) is 83.1 cm³/mol.